The van der Waals surface area contributed by atoms with Crippen LogP contribution in [0.4, 0.5) is 0 Å². The Balaban J connectivity index is 6.14. The molecule has 0 fully saturated rings. The molecule has 35 heavy (non-hydrogen) atoms. The van der Waals surface area contributed by atoms with Gasteiger partial charge < -0.3 is 12.3 Å². The van der Waals surface area contributed by atoms with E-state index in [1.54, 1.807) is 0 Å². The molecule has 212 valence electrons. The molecule has 0 saturated carbocycles. The molecule has 0 saturated heterocycles. The smallest absolute Gasteiger partial charge is 0.416 e. The molecule has 0 atom stereocenters. The minimum Gasteiger partial charge on any atom is -0.416 e. The number of hydrogen-bond acceptors (Lipinski definition) is 3. The van der Waals surface area contributed by atoms with E-state index < -0.39 is 33.8 Å². The highest BCUT2D eigenvalue weighted by atomic mass is 28.5. The summed E-state index contributed by atoms with van der Waals surface area (Å²) in [4.78, 5) is 0. The summed E-state index contributed by atoms with van der Waals surface area (Å²) in [5.41, 5.74) is 0. The first-order chi connectivity index (χ1) is 16.7. The number of unbranched alkanes of at least 4 members (excludes halogenated alkanes) is 7. The van der Waals surface area contributed by atoms with E-state index >= 15 is 0 Å². The highest BCUT2D eigenvalue weighted by Crippen LogP contribution is 2.39. The van der Waals surface area contributed by atoms with Crippen molar-refractivity contribution in [1.29, 1.82) is 0 Å². The Morgan fingerprint density at radius 3 is 0.857 bits per heavy atom. The van der Waals surface area contributed by atoms with Crippen LogP contribution in [-0.2, 0) is 12.3 Å². The monoisotopic (exact) mass is 562 g/mol. The van der Waals surface area contributed by atoms with Crippen LogP contribution in [0.2, 0.25) is 60.4 Å². The Morgan fingerprint density at radius 1 is 0.343 bits per heavy atom. The van der Waals surface area contributed by atoms with Gasteiger partial charge in [0, 0.05) is 6.04 Å². The molecule has 0 aliphatic carbocycles. The van der Waals surface area contributed by atoms with Gasteiger partial charge in [-0.2, -0.15) is 0 Å². The van der Waals surface area contributed by atoms with E-state index in [0.717, 1.165) is 6.04 Å². The lowest BCUT2D eigenvalue weighted by molar-refractivity contribution is 0.237. The first kappa shape index (κ1) is 35.7. The first-order valence-electron chi connectivity index (χ1n) is 15.8. The van der Waals surface area contributed by atoms with Crippen LogP contribution in [0.5, 0.6) is 0 Å². The van der Waals surface area contributed by atoms with Gasteiger partial charge in [0.1, 0.15) is 0 Å². The lowest BCUT2D eigenvalue weighted by atomic mass is 10.1. The zero-order valence-corrected chi connectivity index (χ0v) is 30.0. The Morgan fingerprint density at radius 2 is 0.600 bits per heavy atom. The Labute approximate surface area is 226 Å². The summed E-state index contributed by atoms with van der Waals surface area (Å²) in [7, 11) is -8.38. The van der Waals surface area contributed by atoms with Gasteiger partial charge in [-0.1, -0.05) is 114 Å². The molecule has 0 aromatic rings. The molecule has 0 unspecified atom stereocenters. The zero-order chi connectivity index (χ0) is 26.8. The SMILES string of the molecule is CCCCCCCCCC[Si](O[Si](CC)(CC)CC)(O[Si](CC)(CC)CC)O[Si](CC)(CC)CC. The highest BCUT2D eigenvalue weighted by molar-refractivity contribution is 6.92. The molecule has 0 radical (unpaired) electrons. The topological polar surface area (TPSA) is 27.7 Å². The fourth-order valence-corrected chi connectivity index (χ4v) is 26.7. The second-order valence-corrected chi connectivity index (χ2v) is 28.7. The van der Waals surface area contributed by atoms with Crippen LogP contribution in [0, 0.1) is 0 Å². The molecule has 0 N–H and O–H groups in total. The third kappa shape index (κ3) is 11.6. The number of hydrogen-bond donors (Lipinski definition) is 0. The van der Waals surface area contributed by atoms with Gasteiger partial charge in [-0.05, 0) is 60.8 Å². The van der Waals surface area contributed by atoms with E-state index in [0.29, 0.717) is 0 Å². The highest BCUT2D eigenvalue weighted by Gasteiger charge is 2.54. The van der Waals surface area contributed by atoms with E-state index in [9.17, 15) is 0 Å². The number of rotatable bonds is 24. The van der Waals surface area contributed by atoms with E-state index in [-0.39, 0.29) is 0 Å². The summed E-state index contributed by atoms with van der Waals surface area (Å²) < 4.78 is 22.7. The lowest BCUT2D eigenvalue weighted by Crippen LogP contribution is -2.64. The predicted octanol–water partition coefficient (Wildman–Crippen LogP) is 11.1. The van der Waals surface area contributed by atoms with Gasteiger partial charge >= 0.3 is 8.80 Å². The van der Waals surface area contributed by atoms with Crippen LogP contribution in [0.3, 0.4) is 0 Å². The first-order valence-corrected chi connectivity index (χ1v) is 25.4. The van der Waals surface area contributed by atoms with Crippen molar-refractivity contribution in [2.75, 3.05) is 0 Å². The second-order valence-electron chi connectivity index (χ2n) is 10.9. The fourth-order valence-electron chi connectivity index (χ4n) is 5.58. The van der Waals surface area contributed by atoms with Gasteiger partial charge in [0.15, 0.2) is 25.0 Å². The van der Waals surface area contributed by atoms with Crippen molar-refractivity contribution in [2.45, 2.75) is 181 Å². The Bertz CT molecular complexity index is 427. The average Bonchev–Trinajstić information content (AvgIpc) is 2.91. The molecule has 0 amide bonds. The largest absolute Gasteiger partial charge is 0.469 e. The molecule has 7 heteroatoms. The van der Waals surface area contributed by atoms with Crippen molar-refractivity contribution < 1.29 is 12.3 Å². The van der Waals surface area contributed by atoms with E-state index in [2.05, 4.69) is 69.2 Å². The molecule has 0 aliphatic rings. The van der Waals surface area contributed by atoms with E-state index in [4.69, 9.17) is 12.3 Å². The van der Waals surface area contributed by atoms with Crippen LogP contribution < -0.4 is 0 Å². The molecule has 0 aromatic carbocycles. The van der Waals surface area contributed by atoms with Gasteiger partial charge in [-0.3, -0.25) is 0 Å². The molecular formula is C28H66O3Si4. The van der Waals surface area contributed by atoms with Crippen molar-refractivity contribution in [2.24, 2.45) is 0 Å². The van der Waals surface area contributed by atoms with Crippen LogP contribution in [-0.4, -0.2) is 33.8 Å². The quantitative estimate of drug-likeness (QED) is 0.0864. The molecule has 0 aliphatic heterocycles. The van der Waals surface area contributed by atoms with E-state index in [1.807, 2.05) is 0 Å². The van der Waals surface area contributed by atoms with Crippen molar-refractivity contribution >= 4 is 33.8 Å². The van der Waals surface area contributed by atoms with Crippen molar-refractivity contribution in [3.8, 4) is 0 Å². The van der Waals surface area contributed by atoms with Crippen LogP contribution in [0.25, 0.3) is 0 Å². The standard InChI is InChI=1S/C28H66O3Si4/c1-11-21-22-23-24-25-26-27-28-35(29-32(12-2,13-3)14-4,30-33(15-5,16-6)17-7)31-34(18-8,19-9)20-10/h11-28H2,1-10H3. The summed E-state index contributed by atoms with van der Waals surface area (Å²) in [5.74, 6) is 0. The van der Waals surface area contributed by atoms with Gasteiger partial charge in [0.2, 0.25) is 0 Å². The maximum atomic E-state index is 7.56. The third-order valence-corrected chi connectivity index (χ3v) is 30.7. The average molecular weight is 563 g/mol. The summed E-state index contributed by atoms with van der Waals surface area (Å²) in [5, 5.41) is 0. The second kappa shape index (κ2) is 18.9. The summed E-state index contributed by atoms with van der Waals surface area (Å²) in [6.07, 6.45) is 10.8. The van der Waals surface area contributed by atoms with Crippen LogP contribution >= 0.6 is 0 Å². The maximum Gasteiger partial charge on any atom is 0.469 e. The van der Waals surface area contributed by atoms with Crippen molar-refractivity contribution in [3.05, 3.63) is 0 Å². The van der Waals surface area contributed by atoms with Crippen LogP contribution in [0.15, 0.2) is 0 Å². The summed E-state index contributed by atoms with van der Waals surface area (Å²) in [6.45, 7) is 23.6. The third-order valence-electron chi connectivity index (χ3n) is 9.25. The predicted molar refractivity (Wildman–Crippen MR) is 168 cm³/mol. The maximum absolute atomic E-state index is 7.56. The minimum absolute atomic E-state index is 1.06. The van der Waals surface area contributed by atoms with Gasteiger partial charge in [0.05, 0.1) is 0 Å². The molecule has 0 aromatic heterocycles. The van der Waals surface area contributed by atoms with Gasteiger partial charge in [-0.15, -0.1) is 0 Å². The molecule has 0 rings (SSSR count). The van der Waals surface area contributed by atoms with Crippen molar-refractivity contribution in [3.63, 3.8) is 0 Å². The van der Waals surface area contributed by atoms with Crippen molar-refractivity contribution in [1.82, 2.24) is 0 Å². The normalized spacial score (nSPS) is 13.5. The summed E-state index contributed by atoms with van der Waals surface area (Å²) in [6, 6.07) is 11.7. The molecular weight excluding hydrogens is 497 g/mol. The molecule has 0 heterocycles. The molecule has 0 spiro atoms. The van der Waals surface area contributed by atoms with E-state index in [1.165, 1.54) is 106 Å². The summed E-state index contributed by atoms with van der Waals surface area (Å²) >= 11 is 0. The minimum atomic E-state index is -2.79. The Kier molecular flexibility index (Phi) is 19.3. The van der Waals surface area contributed by atoms with Gasteiger partial charge in [0.25, 0.3) is 0 Å². The van der Waals surface area contributed by atoms with Crippen LogP contribution in [0.1, 0.15) is 121 Å². The zero-order valence-electron chi connectivity index (χ0n) is 26.0. The fraction of sp³-hybridized carbons (Fsp3) is 1.00. The molecule has 0 bridgehead atoms. The van der Waals surface area contributed by atoms with Gasteiger partial charge in [-0.25, -0.2) is 0 Å². The lowest BCUT2D eigenvalue weighted by Gasteiger charge is -2.48. The Hall–Kier alpha value is 0.748. The molecule has 3 nitrogen and oxygen atoms in total.